The Hall–Kier alpha value is -2.80. The van der Waals surface area contributed by atoms with Crippen LogP contribution in [0.15, 0.2) is 42.5 Å². The van der Waals surface area contributed by atoms with Gasteiger partial charge in [-0.05, 0) is 37.3 Å². The minimum atomic E-state index is -0.0252. The molecule has 1 amide bonds. The van der Waals surface area contributed by atoms with E-state index in [1.807, 2.05) is 30.3 Å². The second-order valence-electron chi connectivity index (χ2n) is 6.38. The van der Waals surface area contributed by atoms with Crippen LogP contribution in [0.3, 0.4) is 0 Å². The maximum absolute atomic E-state index is 12.1. The number of methoxy groups -OCH3 is 1. The number of aromatic amines is 1. The van der Waals surface area contributed by atoms with Gasteiger partial charge < -0.3 is 15.0 Å². The molecule has 0 saturated heterocycles. The number of hydrogen-bond donors (Lipinski definition) is 2. The van der Waals surface area contributed by atoms with Gasteiger partial charge in [-0.25, -0.2) is 4.98 Å². The van der Waals surface area contributed by atoms with Gasteiger partial charge in [-0.2, -0.15) is 0 Å². The summed E-state index contributed by atoms with van der Waals surface area (Å²) in [5.41, 5.74) is 3.49. The number of nitrogens with zero attached hydrogens (tertiary/aromatic N) is 1. The highest BCUT2D eigenvalue weighted by Crippen LogP contribution is 2.24. The van der Waals surface area contributed by atoms with Gasteiger partial charge in [0.05, 0.1) is 23.9 Å². The van der Waals surface area contributed by atoms with Crippen molar-refractivity contribution in [3.63, 3.8) is 0 Å². The number of carbonyl (C=O) groups is 2. The molecular weight excluding hydrogens is 374 g/mol. The van der Waals surface area contributed by atoms with E-state index < -0.39 is 0 Å². The fourth-order valence-electron chi connectivity index (χ4n) is 2.86. The van der Waals surface area contributed by atoms with E-state index in [0.29, 0.717) is 30.0 Å². The largest absolute Gasteiger partial charge is 0.496 e. The van der Waals surface area contributed by atoms with Crippen molar-refractivity contribution in [1.82, 2.24) is 15.3 Å². The Morgan fingerprint density at radius 2 is 2.04 bits per heavy atom. The molecule has 1 heterocycles. The van der Waals surface area contributed by atoms with Crippen LogP contribution in [0, 0.1) is 0 Å². The normalized spacial score (nSPS) is 10.8. The number of hydrogen-bond acceptors (Lipinski definition) is 5. The van der Waals surface area contributed by atoms with Crippen LogP contribution < -0.4 is 10.1 Å². The number of ketones is 1. The quantitative estimate of drug-likeness (QED) is 0.541. The number of Topliss-reactive ketones (excluding diaryl/α,β-unsaturated/α-hetero) is 1. The zero-order valence-electron chi connectivity index (χ0n) is 16.0. The van der Waals surface area contributed by atoms with Gasteiger partial charge >= 0.3 is 0 Å². The minimum absolute atomic E-state index is 0.0113. The fraction of sp³-hybridized carbons (Fsp3) is 0.286. The third-order valence-corrected chi connectivity index (χ3v) is 5.28. The van der Waals surface area contributed by atoms with Crippen LogP contribution >= 0.6 is 11.8 Å². The summed E-state index contributed by atoms with van der Waals surface area (Å²) in [5.74, 6) is 2.51. The highest BCUT2D eigenvalue weighted by Gasteiger charge is 2.09. The van der Waals surface area contributed by atoms with E-state index in [0.717, 1.165) is 28.2 Å². The lowest BCUT2D eigenvalue weighted by Crippen LogP contribution is -2.27. The lowest BCUT2D eigenvalue weighted by Gasteiger charge is -2.10. The van der Waals surface area contributed by atoms with Gasteiger partial charge in [0.1, 0.15) is 11.6 Å². The molecule has 2 N–H and O–H groups in total. The minimum Gasteiger partial charge on any atom is -0.496 e. The zero-order valence-corrected chi connectivity index (χ0v) is 16.8. The van der Waals surface area contributed by atoms with E-state index in [-0.39, 0.29) is 11.7 Å². The summed E-state index contributed by atoms with van der Waals surface area (Å²) < 4.78 is 5.34. The Kier molecular flexibility index (Phi) is 6.71. The van der Waals surface area contributed by atoms with Gasteiger partial charge in [0.15, 0.2) is 5.78 Å². The molecule has 0 fully saturated rings. The van der Waals surface area contributed by atoms with Crippen molar-refractivity contribution in [3.05, 3.63) is 59.4 Å². The van der Waals surface area contributed by atoms with Crippen molar-refractivity contribution < 1.29 is 14.3 Å². The number of benzene rings is 2. The van der Waals surface area contributed by atoms with Gasteiger partial charge in [0.2, 0.25) is 5.91 Å². The molecular formula is C21H23N3O3S. The van der Waals surface area contributed by atoms with Crippen molar-refractivity contribution in [2.24, 2.45) is 0 Å². The van der Waals surface area contributed by atoms with E-state index in [1.54, 1.807) is 19.2 Å². The monoisotopic (exact) mass is 397 g/mol. The Labute approximate surface area is 168 Å². The Balaban J connectivity index is 1.44. The van der Waals surface area contributed by atoms with Crippen molar-refractivity contribution in [3.8, 4) is 5.75 Å². The summed E-state index contributed by atoms with van der Waals surface area (Å²) in [5, 5.41) is 2.91. The summed E-state index contributed by atoms with van der Waals surface area (Å²) in [6, 6.07) is 13.2. The molecule has 2 aromatic carbocycles. The van der Waals surface area contributed by atoms with Gasteiger partial charge in [-0.3, -0.25) is 9.59 Å². The van der Waals surface area contributed by atoms with Gasteiger partial charge in [0, 0.05) is 29.8 Å². The lowest BCUT2D eigenvalue weighted by atomic mass is 10.1. The summed E-state index contributed by atoms with van der Waals surface area (Å²) in [4.78, 5) is 31.4. The van der Waals surface area contributed by atoms with E-state index in [4.69, 9.17) is 4.74 Å². The highest BCUT2D eigenvalue weighted by atomic mass is 32.2. The number of rotatable bonds is 9. The van der Waals surface area contributed by atoms with Crippen LogP contribution in [-0.4, -0.2) is 41.1 Å². The lowest BCUT2D eigenvalue weighted by molar-refractivity contribution is -0.118. The number of fused-ring (bicyclic) bond motifs is 1. The highest BCUT2D eigenvalue weighted by molar-refractivity contribution is 7.99. The zero-order chi connectivity index (χ0) is 19.9. The second-order valence-corrected chi connectivity index (χ2v) is 7.36. The molecule has 28 heavy (non-hydrogen) atoms. The van der Waals surface area contributed by atoms with Crippen LogP contribution in [-0.2, 0) is 17.0 Å². The number of imidazole rings is 1. The van der Waals surface area contributed by atoms with Gasteiger partial charge in [0.25, 0.3) is 0 Å². The molecule has 0 aliphatic heterocycles. The molecule has 3 rings (SSSR count). The number of H-pyrrole nitrogens is 1. The predicted molar refractivity (Wildman–Crippen MR) is 112 cm³/mol. The molecule has 0 spiro atoms. The van der Waals surface area contributed by atoms with Crippen LogP contribution in [0.5, 0.6) is 5.75 Å². The summed E-state index contributed by atoms with van der Waals surface area (Å²) in [7, 11) is 1.60. The number of thioether (sulfide) groups is 1. The molecule has 0 unspecified atom stereocenters. The van der Waals surface area contributed by atoms with E-state index >= 15 is 0 Å². The number of nitrogens with one attached hydrogen (secondary N) is 2. The number of amides is 1. The Morgan fingerprint density at radius 3 is 2.79 bits per heavy atom. The average Bonchev–Trinajstić information content (AvgIpc) is 3.10. The van der Waals surface area contributed by atoms with E-state index in [1.165, 1.54) is 18.7 Å². The first-order chi connectivity index (χ1) is 13.6. The smallest absolute Gasteiger partial charge is 0.230 e. The predicted octanol–water partition coefficient (Wildman–Crippen LogP) is 3.37. The number of ether oxygens (including phenoxy) is 1. The molecule has 0 radical (unpaired) electrons. The first-order valence-electron chi connectivity index (χ1n) is 9.02. The topological polar surface area (TPSA) is 84.1 Å². The standard InChI is InChI=1S/C21H23N3O3S/c1-14(25)15-7-8-19(27-2)16(11-15)12-28-13-21(26)22-10-9-20-23-17-5-3-4-6-18(17)24-20/h3-8,11H,9-10,12-13H2,1-2H3,(H,22,26)(H,23,24). The summed E-state index contributed by atoms with van der Waals surface area (Å²) >= 11 is 1.49. The van der Waals surface area contributed by atoms with Gasteiger partial charge in [-0.1, -0.05) is 12.1 Å². The molecule has 0 aliphatic rings. The van der Waals surface area contributed by atoms with Crippen LogP contribution in [0.2, 0.25) is 0 Å². The van der Waals surface area contributed by atoms with Crippen molar-refractivity contribution in [2.45, 2.75) is 19.1 Å². The van der Waals surface area contributed by atoms with Crippen LogP contribution in [0.4, 0.5) is 0 Å². The fourth-order valence-corrected chi connectivity index (χ4v) is 3.69. The van der Waals surface area contributed by atoms with Gasteiger partial charge in [-0.15, -0.1) is 11.8 Å². The summed E-state index contributed by atoms with van der Waals surface area (Å²) in [6.07, 6.45) is 0.652. The van der Waals surface area contributed by atoms with Crippen molar-refractivity contribution in [1.29, 1.82) is 0 Å². The second kappa shape index (κ2) is 9.41. The maximum atomic E-state index is 12.1. The molecule has 3 aromatic rings. The van der Waals surface area contributed by atoms with Crippen molar-refractivity contribution in [2.75, 3.05) is 19.4 Å². The molecule has 0 aliphatic carbocycles. The van der Waals surface area contributed by atoms with Crippen LogP contribution in [0.25, 0.3) is 11.0 Å². The SMILES string of the molecule is COc1ccc(C(C)=O)cc1CSCC(=O)NCCc1nc2ccccc2[nH]1. The molecule has 146 valence electrons. The third kappa shape index (κ3) is 5.13. The first kappa shape index (κ1) is 19.9. The number of carbonyl (C=O) groups excluding carboxylic acids is 2. The molecule has 1 aromatic heterocycles. The third-order valence-electron chi connectivity index (χ3n) is 4.30. The average molecular weight is 398 g/mol. The molecule has 0 saturated carbocycles. The molecule has 6 nitrogen and oxygen atoms in total. The Morgan fingerprint density at radius 1 is 1.21 bits per heavy atom. The number of aromatic nitrogens is 2. The van der Waals surface area contributed by atoms with Crippen molar-refractivity contribution >= 4 is 34.5 Å². The maximum Gasteiger partial charge on any atom is 0.230 e. The van der Waals surface area contributed by atoms with Crippen LogP contribution in [0.1, 0.15) is 28.7 Å². The number of para-hydroxylation sites is 2. The Bertz CT molecular complexity index is 951. The van der Waals surface area contributed by atoms with E-state index in [2.05, 4.69) is 15.3 Å². The first-order valence-corrected chi connectivity index (χ1v) is 10.2. The summed E-state index contributed by atoms with van der Waals surface area (Å²) in [6.45, 7) is 2.07. The molecule has 7 heteroatoms. The van der Waals surface area contributed by atoms with E-state index in [9.17, 15) is 9.59 Å². The molecule has 0 bridgehead atoms. The molecule has 0 atom stereocenters.